The maximum atomic E-state index is 13.1. The van der Waals surface area contributed by atoms with Crippen molar-refractivity contribution in [1.29, 1.82) is 0 Å². The second kappa shape index (κ2) is 7.90. The highest BCUT2D eigenvalue weighted by Crippen LogP contribution is 2.34. The third-order valence-electron chi connectivity index (χ3n) is 5.21. The molecule has 10 nitrogen and oxygen atoms in total. The summed E-state index contributed by atoms with van der Waals surface area (Å²) in [4.78, 5) is 28.9. The van der Waals surface area contributed by atoms with Crippen molar-refractivity contribution in [3.63, 3.8) is 0 Å². The lowest BCUT2D eigenvalue weighted by Gasteiger charge is -2.22. The zero-order valence-electron chi connectivity index (χ0n) is 16.5. The van der Waals surface area contributed by atoms with E-state index in [2.05, 4.69) is 15.1 Å². The smallest absolute Gasteiger partial charge is 0.252 e. The SMILES string of the molecule is COc1ccc(NC(=O)CC2C(=O)N(C3CC3)C(=S)N2Cc2c([O-])on[n+]2C)cc1. The van der Waals surface area contributed by atoms with Crippen molar-refractivity contribution < 1.29 is 28.6 Å². The molecule has 11 heteroatoms. The number of nitrogens with zero attached hydrogens (tertiary/aromatic N) is 4. The molecule has 4 rings (SSSR count). The molecule has 1 aliphatic carbocycles. The fraction of sp³-hybridized carbons (Fsp3) is 0.421. The van der Waals surface area contributed by atoms with E-state index in [1.165, 1.54) is 4.68 Å². The monoisotopic (exact) mass is 431 g/mol. The van der Waals surface area contributed by atoms with E-state index in [1.54, 1.807) is 48.2 Å². The summed E-state index contributed by atoms with van der Waals surface area (Å²) in [5.41, 5.74) is 0.843. The van der Waals surface area contributed by atoms with Crippen LogP contribution in [0.3, 0.4) is 0 Å². The summed E-state index contributed by atoms with van der Waals surface area (Å²) in [5, 5.41) is 18.7. The van der Waals surface area contributed by atoms with Gasteiger partial charge in [0.25, 0.3) is 11.6 Å². The van der Waals surface area contributed by atoms with Crippen LogP contribution in [0.2, 0.25) is 0 Å². The Morgan fingerprint density at radius 1 is 1.40 bits per heavy atom. The number of aromatic nitrogens is 2. The molecule has 1 aromatic carbocycles. The Morgan fingerprint density at radius 2 is 2.10 bits per heavy atom. The van der Waals surface area contributed by atoms with Gasteiger partial charge in [0.15, 0.2) is 18.1 Å². The Hall–Kier alpha value is -3.21. The largest absolute Gasteiger partial charge is 0.539 e. The van der Waals surface area contributed by atoms with Gasteiger partial charge in [0.2, 0.25) is 5.91 Å². The summed E-state index contributed by atoms with van der Waals surface area (Å²) in [6.45, 7) is 0.0348. The van der Waals surface area contributed by atoms with E-state index in [0.717, 1.165) is 12.8 Å². The van der Waals surface area contributed by atoms with Crippen molar-refractivity contribution in [3.8, 4) is 11.7 Å². The number of methoxy groups -OCH3 is 1. The third kappa shape index (κ3) is 3.80. The van der Waals surface area contributed by atoms with Crippen molar-refractivity contribution in [3.05, 3.63) is 30.0 Å². The number of hydrogen-bond acceptors (Lipinski definition) is 7. The van der Waals surface area contributed by atoms with Crippen molar-refractivity contribution in [2.75, 3.05) is 12.4 Å². The van der Waals surface area contributed by atoms with Crippen LogP contribution in [0.4, 0.5) is 5.69 Å². The quantitative estimate of drug-likeness (QED) is 0.484. The molecule has 1 saturated heterocycles. The Bertz CT molecular complexity index is 968. The molecule has 30 heavy (non-hydrogen) atoms. The van der Waals surface area contributed by atoms with E-state index < -0.39 is 12.0 Å². The van der Waals surface area contributed by atoms with Crippen LogP contribution in [-0.2, 0) is 23.2 Å². The van der Waals surface area contributed by atoms with Crippen LogP contribution >= 0.6 is 12.2 Å². The number of hydrogen-bond donors (Lipinski definition) is 1. The van der Waals surface area contributed by atoms with Crippen LogP contribution in [0.1, 0.15) is 25.0 Å². The molecule has 2 heterocycles. The standard InChI is InChI=1S/C19H21N5O5S/c1-22-15(18(27)29-21-22)10-23-14(17(26)24(19(23)30)12-5-6-12)9-16(25)20-11-3-7-13(28-2)8-4-11/h3-4,7-8,12,14H,5-6,9-10H2,1-2H3,(H-,20,21,25,27). The van der Waals surface area contributed by atoms with Gasteiger partial charge in [0, 0.05) is 11.7 Å². The minimum absolute atomic E-state index is 0.0348. The Balaban J connectivity index is 1.52. The molecular formula is C19H21N5O5S. The van der Waals surface area contributed by atoms with Gasteiger partial charge in [0.1, 0.15) is 18.3 Å². The number of anilines is 1. The molecule has 0 spiro atoms. The van der Waals surface area contributed by atoms with Crippen LogP contribution in [0.15, 0.2) is 28.8 Å². The van der Waals surface area contributed by atoms with Gasteiger partial charge < -0.3 is 24.6 Å². The predicted octanol–water partition coefficient (Wildman–Crippen LogP) is 0.0702. The summed E-state index contributed by atoms with van der Waals surface area (Å²) in [6.07, 6.45) is 1.65. The van der Waals surface area contributed by atoms with Gasteiger partial charge in [-0.15, -0.1) is 0 Å². The van der Waals surface area contributed by atoms with Crippen LogP contribution in [-0.4, -0.2) is 51.2 Å². The molecule has 1 unspecified atom stereocenters. The van der Waals surface area contributed by atoms with Gasteiger partial charge in [-0.05, 0) is 49.3 Å². The first-order valence-corrected chi connectivity index (χ1v) is 9.89. The number of ether oxygens (including phenoxy) is 1. The van der Waals surface area contributed by atoms with Crippen molar-refractivity contribution >= 4 is 34.8 Å². The molecule has 2 aliphatic rings. The second-order valence-electron chi connectivity index (χ2n) is 7.28. The second-order valence-corrected chi connectivity index (χ2v) is 7.64. The average molecular weight is 431 g/mol. The summed E-state index contributed by atoms with van der Waals surface area (Å²) < 4.78 is 11.1. The maximum Gasteiger partial charge on any atom is 0.252 e. The highest BCUT2D eigenvalue weighted by Gasteiger charge is 2.49. The number of aryl methyl sites for hydroxylation is 1. The minimum atomic E-state index is -0.800. The van der Waals surface area contributed by atoms with Crippen LogP contribution in [0, 0.1) is 0 Å². The Morgan fingerprint density at radius 3 is 2.67 bits per heavy atom. The highest BCUT2D eigenvalue weighted by molar-refractivity contribution is 7.80. The molecule has 1 aromatic heterocycles. The number of rotatable bonds is 7. The van der Waals surface area contributed by atoms with Gasteiger partial charge in [-0.2, -0.15) is 0 Å². The number of amides is 2. The number of nitrogens with one attached hydrogen (secondary N) is 1. The van der Waals surface area contributed by atoms with Gasteiger partial charge in [-0.3, -0.25) is 14.5 Å². The molecular weight excluding hydrogens is 410 g/mol. The first-order chi connectivity index (χ1) is 14.4. The molecule has 0 bridgehead atoms. The minimum Gasteiger partial charge on any atom is -0.539 e. The average Bonchev–Trinajstić information content (AvgIpc) is 3.47. The fourth-order valence-electron chi connectivity index (χ4n) is 3.43. The lowest BCUT2D eigenvalue weighted by molar-refractivity contribution is -0.746. The van der Waals surface area contributed by atoms with Crippen LogP contribution in [0.5, 0.6) is 11.7 Å². The summed E-state index contributed by atoms with van der Waals surface area (Å²) in [6, 6.07) is 6.15. The molecule has 2 amide bonds. The number of benzene rings is 1. The molecule has 158 valence electrons. The fourth-order valence-corrected chi connectivity index (χ4v) is 3.86. The topological polar surface area (TPSA) is 115 Å². The molecule has 2 fully saturated rings. The Labute approximate surface area is 178 Å². The molecule has 2 aromatic rings. The Kier molecular flexibility index (Phi) is 5.29. The van der Waals surface area contributed by atoms with Crippen LogP contribution in [0.25, 0.3) is 0 Å². The summed E-state index contributed by atoms with van der Waals surface area (Å²) >= 11 is 5.53. The zero-order chi connectivity index (χ0) is 21.4. The first-order valence-electron chi connectivity index (χ1n) is 9.48. The molecule has 0 radical (unpaired) electrons. The van der Waals surface area contributed by atoms with E-state index >= 15 is 0 Å². The molecule has 1 aliphatic heterocycles. The van der Waals surface area contributed by atoms with Gasteiger partial charge >= 0.3 is 0 Å². The number of thiocarbonyl (C=S) groups is 1. The van der Waals surface area contributed by atoms with E-state index in [9.17, 15) is 14.7 Å². The first kappa shape index (κ1) is 20.1. The van der Waals surface area contributed by atoms with Gasteiger partial charge in [-0.1, -0.05) is 4.68 Å². The van der Waals surface area contributed by atoms with Gasteiger partial charge in [0.05, 0.1) is 18.8 Å². The number of carbonyl (C=O) groups excluding carboxylic acids is 2. The lowest BCUT2D eigenvalue weighted by atomic mass is 10.1. The van der Waals surface area contributed by atoms with Gasteiger partial charge in [-0.25, -0.2) is 0 Å². The predicted molar refractivity (Wildman–Crippen MR) is 105 cm³/mol. The molecule has 1 N–H and O–H groups in total. The normalized spacial score (nSPS) is 18.8. The third-order valence-corrected chi connectivity index (χ3v) is 5.64. The summed E-state index contributed by atoms with van der Waals surface area (Å²) in [5.74, 6) is -0.482. The molecule has 1 atom stereocenters. The molecule has 1 saturated carbocycles. The van der Waals surface area contributed by atoms with Crippen molar-refractivity contribution in [1.82, 2.24) is 15.1 Å². The van der Waals surface area contributed by atoms with E-state index in [4.69, 9.17) is 17.0 Å². The van der Waals surface area contributed by atoms with E-state index in [-0.39, 0.29) is 36.5 Å². The van der Waals surface area contributed by atoms with E-state index in [1.807, 2.05) is 0 Å². The maximum absolute atomic E-state index is 13.1. The zero-order valence-corrected chi connectivity index (χ0v) is 17.3. The van der Waals surface area contributed by atoms with Crippen LogP contribution < -0.4 is 19.8 Å². The lowest BCUT2D eigenvalue weighted by Crippen LogP contribution is -2.42. The number of carbonyl (C=O) groups is 2. The highest BCUT2D eigenvalue weighted by atomic mass is 32.1. The summed E-state index contributed by atoms with van der Waals surface area (Å²) in [7, 11) is 3.14. The van der Waals surface area contributed by atoms with Crippen molar-refractivity contribution in [2.45, 2.75) is 37.9 Å². The van der Waals surface area contributed by atoms with Crippen molar-refractivity contribution in [2.24, 2.45) is 7.05 Å². The van der Waals surface area contributed by atoms with E-state index in [0.29, 0.717) is 16.5 Å².